The van der Waals surface area contributed by atoms with E-state index in [-0.39, 0.29) is 30.2 Å². The molecular formula is C19H17Cl3N2O2. The fraction of sp³-hybridized carbons (Fsp3) is 0.263. The standard InChI is InChI=1S/C19H17Cl3N2O2/c1-24(10-17(25)23-18-15(21)7-4-8-16(18)22)19(26)13-9-12(13)11-5-2-3-6-14(11)20/h2-8,12-13H,9-10H2,1H3,(H,23,25). The fourth-order valence-electron chi connectivity index (χ4n) is 2.96. The molecule has 0 aliphatic heterocycles. The molecule has 1 N–H and O–H groups in total. The fourth-order valence-corrected chi connectivity index (χ4v) is 3.73. The molecule has 0 saturated heterocycles. The van der Waals surface area contributed by atoms with Crippen molar-refractivity contribution in [3.05, 3.63) is 63.1 Å². The second-order valence-electron chi connectivity index (χ2n) is 6.31. The largest absolute Gasteiger partial charge is 0.336 e. The summed E-state index contributed by atoms with van der Waals surface area (Å²) in [5, 5.41) is 4.02. The number of carbonyl (C=O) groups excluding carboxylic acids is 2. The number of nitrogens with one attached hydrogen (secondary N) is 1. The number of para-hydroxylation sites is 1. The van der Waals surface area contributed by atoms with Gasteiger partial charge in [-0.15, -0.1) is 0 Å². The van der Waals surface area contributed by atoms with Gasteiger partial charge in [0.05, 0.1) is 22.3 Å². The van der Waals surface area contributed by atoms with E-state index in [1.165, 1.54) is 4.90 Å². The Kier molecular flexibility index (Phi) is 5.76. The molecule has 26 heavy (non-hydrogen) atoms. The first-order valence-corrected chi connectivity index (χ1v) is 9.25. The van der Waals surface area contributed by atoms with Gasteiger partial charge in [-0.2, -0.15) is 0 Å². The molecule has 4 nitrogen and oxygen atoms in total. The van der Waals surface area contributed by atoms with Crippen molar-refractivity contribution in [2.75, 3.05) is 18.9 Å². The second-order valence-corrected chi connectivity index (χ2v) is 7.53. The minimum absolute atomic E-state index is 0.0738. The summed E-state index contributed by atoms with van der Waals surface area (Å²) in [5.41, 5.74) is 1.33. The van der Waals surface area contributed by atoms with Crippen molar-refractivity contribution >= 4 is 52.3 Å². The third-order valence-electron chi connectivity index (χ3n) is 4.40. The minimum Gasteiger partial charge on any atom is -0.336 e. The highest BCUT2D eigenvalue weighted by molar-refractivity contribution is 6.39. The van der Waals surface area contributed by atoms with E-state index in [9.17, 15) is 9.59 Å². The Hall–Kier alpha value is -1.75. The topological polar surface area (TPSA) is 49.4 Å². The number of nitrogens with zero attached hydrogens (tertiary/aromatic N) is 1. The summed E-state index contributed by atoms with van der Waals surface area (Å²) >= 11 is 18.3. The Balaban J connectivity index is 1.58. The molecule has 2 atom stereocenters. The molecule has 2 aromatic rings. The third-order valence-corrected chi connectivity index (χ3v) is 5.37. The summed E-state index contributed by atoms with van der Waals surface area (Å²) in [6.07, 6.45) is 0.741. The van der Waals surface area contributed by atoms with Gasteiger partial charge in [-0.1, -0.05) is 59.1 Å². The SMILES string of the molecule is CN(CC(=O)Nc1c(Cl)cccc1Cl)C(=O)C1CC1c1ccccc1Cl. The van der Waals surface area contributed by atoms with Gasteiger partial charge in [0.1, 0.15) is 0 Å². The summed E-state index contributed by atoms with van der Waals surface area (Å²) in [4.78, 5) is 26.2. The van der Waals surface area contributed by atoms with Crippen LogP contribution in [0.1, 0.15) is 17.9 Å². The maximum Gasteiger partial charge on any atom is 0.244 e. The van der Waals surface area contributed by atoms with Crippen LogP contribution in [-0.2, 0) is 9.59 Å². The van der Waals surface area contributed by atoms with Gasteiger partial charge < -0.3 is 10.2 Å². The number of benzene rings is 2. The van der Waals surface area contributed by atoms with E-state index in [1.807, 2.05) is 24.3 Å². The molecule has 0 radical (unpaired) electrons. The Morgan fingerprint density at radius 1 is 1.04 bits per heavy atom. The van der Waals surface area contributed by atoms with Crippen molar-refractivity contribution in [3.63, 3.8) is 0 Å². The predicted molar refractivity (Wildman–Crippen MR) is 105 cm³/mol. The van der Waals surface area contributed by atoms with Gasteiger partial charge in [-0.3, -0.25) is 9.59 Å². The monoisotopic (exact) mass is 410 g/mol. The van der Waals surface area contributed by atoms with Crippen molar-refractivity contribution in [2.45, 2.75) is 12.3 Å². The van der Waals surface area contributed by atoms with Gasteiger partial charge in [-0.05, 0) is 36.1 Å². The molecule has 1 fully saturated rings. The highest BCUT2D eigenvalue weighted by Crippen LogP contribution is 2.50. The smallest absolute Gasteiger partial charge is 0.244 e. The number of amides is 2. The number of rotatable bonds is 5. The van der Waals surface area contributed by atoms with Crippen LogP contribution < -0.4 is 5.32 Å². The molecule has 2 amide bonds. The summed E-state index contributed by atoms with van der Waals surface area (Å²) < 4.78 is 0. The van der Waals surface area contributed by atoms with Crippen molar-refractivity contribution < 1.29 is 9.59 Å². The second kappa shape index (κ2) is 7.87. The number of hydrogen-bond acceptors (Lipinski definition) is 2. The van der Waals surface area contributed by atoms with Crippen molar-refractivity contribution in [1.29, 1.82) is 0 Å². The molecule has 136 valence electrons. The lowest BCUT2D eigenvalue weighted by Crippen LogP contribution is -2.36. The summed E-state index contributed by atoms with van der Waals surface area (Å²) in [5.74, 6) is -0.461. The van der Waals surface area contributed by atoms with Crippen LogP contribution in [0.2, 0.25) is 15.1 Å². The molecule has 7 heteroatoms. The molecule has 2 unspecified atom stereocenters. The number of hydrogen-bond donors (Lipinski definition) is 1. The van der Waals surface area contributed by atoms with Gasteiger partial charge in [0.15, 0.2) is 0 Å². The van der Waals surface area contributed by atoms with Gasteiger partial charge in [0, 0.05) is 18.0 Å². The molecule has 1 aliphatic rings. The van der Waals surface area contributed by atoms with E-state index in [0.29, 0.717) is 20.8 Å². The molecule has 2 aromatic carbocycles. The maximum absolute atomic E-state index is 12.6. The van der Waals surface area contributed by atoms with E-state index in [4.69, 9.17) is 34.8 Å². The zero-order valence-electron chi connectivity index (χ0n) is 14.0. The first kappa shape index (κ1) is 19.0. The number of anilines is 1. The highest BCUT2D eigenvalue weighted by atomic mass is 35.5. The van der Waals surface area contributed by atoms with Crippen molar-refractivity contribution in [3.8, 4) is 0 Å². The van der Waals surface area contributed by atoms with Crippen LogP contribution in [-0.4, -0.2) is 30.3 Å². The third kappa shape index (κ3) is 4.14. The van der Waals surface area contributed by atoms with Crippen LogP contribution >= 0.6 is 34.8 Å². The Bertz CT molecular complexity index is 836. The summed E-state index contributed by atoms with van der Waals surface area (Å²) in [7, 11) is 1.61. The lowest BCUT2D eigenvalue weighted by molar-refractivity contribution is -0.134. The van der Waals surface area contributed by atoms with E-state index >= 15 is 0 Å². The molecule has 0 spiro atoms. The normalized spacial score (nSPS) is 18.3. The van der Waals surface area contributed by atoms with E-state index in [0.717, 1.165) is 12.0 Å². The summed E-state index contributed by atoms with van der Waals surface area (Å²) in [6, 6.07) is 12.5. The Morgan fingerprint density at radius 3 is 2.31 bits per heavy atom. The van der Waals surface area contributed by atoms with Crippen LogP contribution in [0.15, 0.2) is 42.5 Å². The van der Waals surface area contributed by atoms with Gasteiger partial charge in [-0.25, -0.2) is 0 Å². The van der Waals surface area contributed by atoms with Crippen LogP contribution in [0.25, 0.3) is 0 Å². The minimum atomic E-state index is -0.356. The lowest BCUT2D eigenvalue weighted by atomic mass is 10.1. The molecule has 1 aliphatic carbocycles. The molecular weight excluding hydrogens is 395 g/mol. The first-order valence-electron chi connectivity index (χ1n) is 8.11. The predicted octanol–water partition coefficient (Wildman–Crippen LogP) is 4.85. The average Bonchev–Trinajstić information content (AvgIpc) is 3.38. The maximum atomic E-state index is 12.6. The highest BCUT2D eigenvalue weighted by Gasteiger charge is 2.46. The van der Waals surface area contributed by atoms with Gasteiger partial charge in [0.25, 0.3) is 0 Å². The quantitative estimate of drug-likeness (QED) is 0.765. The van der Waals surface area contributed by atoms with E-state index in [2.05, 4.69) is 5.32 Å². The molecule has 0 heterocycles. The zero-order valence-corrected chi connectivity index (χ0v) is 16.3. The Labute approximate surface area is 167 Å². The van der Waals surface area contributed by atoms with Crippen molar-refractivity contribution in [2.24, 2.45) is 5.92 Å². The van der Waals surface area contributed by atoms with Crippen LogP contribution in [0.3, 0.4) is 0 Å². The molecule has 1 saturated carbocycles. The first-order chi connectivity index (χ1) is 12.4. The lowest BCUT2D eigenvalue weighted by Gasteiger charge is -2.18. The zero-order chi connectivity index (χ0) is 18.8. The Morgan fingerprint density at radius 2 is 1.65 bits per heavy atom. The molecule has 0 bridgehead atoms. The van der Waals surface area contributed by atoms with E-state index in [1.54, 1.807) is 25.2 Å². The average molecular weight is 412 g/mol. The van der Waals surface area contributed by atoms with E-state index < -0.39 is 0 Å². The number of carbonyl (C=O) groups is 2. The molecule has 3 rings (SSSR count). The molecule has 0 aromatic heterocycles. The van der Waals surface area contributed by atoms with Gasteiger partial charge in [0.2, 0.25) is 11.8 Å². The van der Waals surface area contributed by atoms with Crippen LogP contribution in [0.4, 0.5) is 5.69 Å². The van der Waals surface area contributed by atoms with Crippen LogP contribution in [0.5, 0.6) is 0 Å². The number of halogens is 3. The van der Waals surface area contributed by atoms with Gasteiger partial charge >= 0.3 is 0 Å². The van der Waals surface area contributed by atoms with Crippen molar-refractivity contribution in [1.82, 2.24) is 4.90 Å². The summed E-state index contributed by atoms with van der Waals surface area (Å²) in [6.45, 7) is -0.0773. The number of likely N-dealkylation sites (N-methyl/N-ethyl adjacent to an activating group) is 1. The van der Waals surface area contributed by atoms with Crippen LogP contribution in [0, 0.1) is 5.92 Å².